The molecule has 0 fully saturated rings. The van der Waals surface area contributed by atoms with Crippen molar-refractivity contribution < 1.29 is 14.4 Å². The third-order valence-corrected chi connectivity index (χ3v) is 2.84. The molecule has 2 rings (SSSR count). The van der Waals surface area contributed by atoms with Gasteiger partial charge >= 0.3 is 0 Å². The van der Waals surface area contributed by atoms with Crippen molar-refractivity contribution in [1.82, 2.24) is 0 Å². The highest BCUT2D eigenvalue weighted by Gasteiger charge is 2.06. The highest BCUT2D eigenvalue weighted by Crippen LogP contribution is 2.22. The van der Waals surface area contributed by atoms with E-state index in [-0.39, 0.29) is 12.3 Å². The number of rotatable bonds is 5. The Labute approximate surface area is 121 Å². The number of hydrogen-bond acceptors (Lipinski definition) is 5. The Morgan fingerprint density at radius 1 is 1.24 bits per heavy atom. The second-order valence-corrected chi connectivity index (χ2v) is 4.19. The van der Waals surface area contributed by atoms with Gasteiger partial charge in [0.1, 0.15) is 24.2 Å². The lowest BCUT2D eigenvalue weighted by Gasteiger charge is -2.08. The summed E-state index contributed by atoms with van der Waals surface area (Å²) < 4.78 is 10.7. The van der Waals surface area contributed by atoms with Gasteiger partial charge in [-0.1, -0.05) is 6.07 Å². The molecule has 2 aromatic carbocycles. The van der Waals surface area contributed by atoms with Crippen LogP contribution in [0, 0.1) is 21.4 Å². The van der Waals surface area contributed by atoms with Crippen molar-refractivity contribution in [3.8, 4) is 17.6 Å². The smallest absolute Gasteiger partial charge is 0.269 e. The molecule has 6 heteroatoms. The van der Waals surface area contributed by atoms with Gasteiger partial charge in [0, 0.05) is 12.1 Å². The second-order valence-electron chi connectivity index (χ2n) is 4.19. The molecular weight excluding hydrogens is 272 g/mol. The van der Waals surface area contributed by atoms with Gasteiger partial charge in [-0.25, -0.2) is 0 Å². The van der Waals surface area contributed by atoms with Gasteiger partial charge in [0.15, 0.2) is 0 Å². The van der Waals surface area contributed by atoms with E-state index in [4.69, 9.17) is 14.7 Å². The van der Waals surface area contributed by atoms with Gasteiger partial charge < -0.3 is 9.47 Å². The van der Waals surface area contributed by atoms with Crippen molar-refractivity contribution in [1.29, 1.82) is 5.26 Å². The minimum absolute atomic E-state index is 0.0161. The van der Waals surface area contributed by atoms with Crippen LogP contribution in [0.2, 0.25) is 0 Å². The standard InChI is InChI=1S/C15H12N2O4/c1-20-15-8-11(2-3-12(15)9-16)10-21-14-6-4-13(5-7-14)17(18)19/h2-8H,10H2,1H3. The van der Waals surface area contributed by atoms with Crippen molar-refractivity contribution in [2.24, 2.45) is 0 Å². The number of nitro benzene ring substituents is 1. The highest BCUT2D eigenvalue weighted by molar-refractivity contribution is 5.45. The van der Waals surface area contributed by atoms with Crippen molar-refractivity contribution >= 4 is 5.69 Å². The minimum Gasteiger partial charge on any atom is -0.495 e. The normalized spacial score (nSPS) is 9.71. The lowest BCUT2D eigenvalue weighted by atomic mass is 10.1. The number of nitrogens with zero attached hydrogens (tertiary/aromatic N) is 2. The molecule has 106 valence electrons. The number of nitro groups is 1. The summed E-state index contributed by atoms with van der Waals surface area (Å²) in [6.07, 6.45) is 0. The zero-order valence-corrected chi connectivity index (χ0v) is 11.3. The number of benzene rings is 2. The SMILES string of the molecule is COc1cc(COc2ccc([N+](=O)[O-])cc2)ccc1C#N. The Balaban J connectivity index is 2.06. The number of methoxy groups -OCH3 is 1. The Morgan fingerprint density at radius 2 is 1.95 bits per heavy atom. The predicted octanol–water partition coefficient (Wildman–Crippen LogP) is 3.05. The van der Waals surface area contributed by atoms with Crippen molar-refractivity contribution in [2.45, 2.75) is 6.61 Å². The van der Waals surface area contributed by atoms with Gasteiger partial charge in [-0.05, 0) is 29.8 Å². The molecule has 21 heavy (non-hydrogen) atoms. The number of non-ortho nitro benzene ring substituents is 1. The maximum absolute atomic E-state index is 10.5. The summed E-state index contributed by atoms with van der Waals surface area (Å²) in [5, 5.41) is 19.4. The van der Waals surface area contributed by atoms with Crippen LogP contribution in [0.25, 0.3) is 0 Å². The minimum atomic E-state index is -0.463. The third kappa shape index (κ3) is 3.48. The molecule has 0 spiro atoms. The third-order valence-electron chi connectivity index (χ3n) is 2.84. The number of hydrogen-bond donors (Lipinski definition) is 0. The van der Waals surface area contributed by atoms with Gasteiger partial charge in [-0.3, -0.25) is 10.1 Å². The lowest BCUT2D eigenvalue weighted by molar-refractivity contribution is -0.384. The molecule has 0 unspecified atom stereocenters. The molecule has 0 saturated carbocycles. The summed E-state index contributed by atoms with van der Waals surface area (Å²) in [5.41, 5.74) is 1.31. The van der Waals surface area contributed by atoms with E-state index < -0.39 is 4.92 Å². The van der Waals surface area contributed by atoms with E-state index >= 15 is 0 Å². The molecule has 0 aliphatic carbocycles. The topological polar surface area (TPSA) is 85.4 Å². The van der Waals surface area contributed by atoms with Crippen LogP contribution in [0.5, 0.6) is 11.5 Å². The van der Waals surface area contributed by atoms with Crippen LogP contribution in [-0.2, 0) is 6.61 Å². The molecule has 2 aromatic rings. The zero-order chi connectivity index (χ0) is 15.2. The van der Waals surface area contributed by atoms with Crippen LogP contribution in [-0.4, -0.2) is 12.0 Å². The van der Waals surface area contributed by atoms with Crippen LogP contribution >= 0.6 is 0 Å². The molecular formula is C15H12N2O4. The van der Waals surface area contributed by atoms with Gasteiger partial charge in [0.25, 0.3) is 5.69 Å². The number of nitriles is 1. The summed E-state index contributed by atoms with van der Waals surface area (Å²) in [4.78, 5) is 10.1. The molecule has 0 aliphatic rings. The average molecular weight is 284 g/mol. The zero-order valence-electron chi connectivity index (χ0n) is 11.3. The van der Waals surface area contributed by atoms with Crippen LogP contribution in [0.4, 0.5) is 5.69 Å². The first kappa shape index (κ1) is 14.3. The summed E-state index contributed by atoms with van der Waals surface area (Å²) in [6.45, 7) is 0.278. The molecule has 0 aromatic heterocycles. The quantitative estimate of drug-likeness (QED) is 0.622. The Bertz CT molecular complexity index is 690. The molecule has 0 N–H and O–H groups in total. The molecule has 0 atom stereocenters. The molecule has 6 nitrogen and oxygen atoms in total. The Morgan fingerprint density at radius 3 is 2.52 bits per heavy atom. The fourth-order valence-electron chi connectivity index (χ4n) is 1.75. The van der Waals surface area contributed by atoms with E-state index in [1.807, 2.05) is 6.07 Å². The highest BCUT2D eigenvalue weighted by atomic mass is 16.6. The van der Waals surface area contributed by atoms with Crippen molar-refractivity contribution in [3.63, 3.8) is 0 Å². The predicted molar refractivity (Wildman–Crippen MR) is 75.1 cm³/mol. The molecule has 0 heterocycles. The van der Waals surface area contributed by atoms with Crippen molar-refractivity contribution in [3.05, 3.63) is 63.7 Å². The van der Waals surface area contributed by atoms with Crippen LogP contribution in [0.3, 0.4) is 0 Å². The van der Waals surface area contributed by atoms with E-state index in [2.05, 4.69) is 0 Å². The maximum Gasteiger partial charge on any atom is 0.269 e. The van der Waals surface area contributed by atoms with E-state index in [0.717, 1.165) is 5.56 Å². The average Bonchev–Trinajstić information content (AvgIpc) is 2.52. The first-order chi connectivity index (χ1) is 10.1. The summed E-state index contributed by atoms with van der Waals surface area (Å²) >= 11 is 0. The second kappa shape index (κ2) is 6.39. The van der Waals surface area contributed by atoms with E-state index in [1.54, 1.807) is 30.3 Å². The molecule has 0 radical (unpaired) electrons. The van der Waals surface area contributed by atoms with E-state index in [9.17, 15) is 10.1 Å². The Hall–Kier alpha value is -3.07. The lowest BCUT2D eigenvalue weighted by Crippen LogP contribution is -1.97. The van der Waals surface area contributed by atoms with Gasteiger partial charge in [-0.15, -0.1) is 0 Å². The number of ether oxygens (including phenoxy) is 2. The van der Waals surface area contributed by atoms with Crippen molar-refractivity contribution in [2.75, 3.05) is 7.11 Å². The fraction of sp³-hybridized carbons (Fsp3) is 0.133. The first-order valence-electron chi connectivity index (χ1n) is 6.08. The fourth-order valence-corrected chi connectivity index (χ4v) is 1.75. The van der Waals surface area contributed by atoms with Gasteiger partial charge in [0.05, 0.1) is 17.6 Å². The van der Waals surface area contributed by atoms with E-state index in [0.29, 0.717) is 17.1 Å². The molecule has 0 aliphatic heterocycles. The monoisotopic (exact) mass is 284 g/mol. The molecule has 0 saturated heterocycles. The Kier molecular flexibility index (Phi) is 4.36. The molecule has 0 amide bonds. The summed E-state index contributed by atoms with van der Waals surface area (Å²) in [7, 11) is 1.50. The van der Waals surface area contributed by atoms with Crippen LogP contribution in [0.1, 0.15) is 11.1 Å². The first-order valence-corrected chi connectivity index (χ1v) is 6.08. The largest absolute Gasteiger partial charge is 0.495 e. The van der Waals surface area contributed by atoms with Gasteiger partial charge in [0.2, 0.25) is 0 Å². The summed E-state index contributed by atoms with van der Waals surface area (Å²) in [5.74, 6) is 1.02. The van der Waals surface area contributed by atoms with Crippen LogP contribution in [0.15, 0.2) is 42.5 Å². The van der Waals surface area contributed by atoms with E-state index in [1.165, 1.54) is 19.2 Å². The summed E-state index contributed by atoms with van der Waals surface area (Å²) in [6, 6.07) is 13.0. The van der Waals surface area contributed by atoms with Gasteiger partial charge in [-0.2, -0.15) is 5.26 Å². The van der Waals surface area contributed by atoms with Crippen LogP contribution < -0.4 is 9.47 Å². The maximum atomic E-state index is 10.5. The molecule has 0 bridgehead atoms.